The van der Waals surface area contributed by atoms with Crippen molar-refractivity contribution >= 4 is 28.2 Å². The monoisotopic (exact) mass is 420 g/mol. The van der Waals surface area contributed by atoms with Crippen molar-refractivity contribution < 1.29 is 4.74 Å². The predicted molar refractivity (Wildman–Crippen MR) is 115 cm³/mol. The summed E-state index contributed by atoms with van der Waals surface area (Å²) in [6.45, 7) is 3.66. The van der Waals surface area contributed by atoms with E-state index in [0.717, 1.165) is 47.4 Å². The summed E-state index contributed by atoms with van der Waals surface area (Å²) in [4.78, 5) is 21.2. The van der Waals surface area contributed by atoms with Crippen molar-refractivity contribution in [3.05, 3.63) is 52.9 Å². The number of rotatable bonds is 5. The second-order valence-corrected chi connectivity index (χ2v) is 8.03. The topological polar surface area (TPSA) is 105 Å². The molecule has 0 bridgehead atoms. The molecule has 152 valence electrons. The summed E-state index contributed by atoms with van der Waals surface area (Å²) < 4.78 is 5.16. The first-order chi connectivity index (χ1) is 14.7. The van der Waals surface area contributed by atoms with Crippen LogP contribution in [0.2, 0.25) is 0 Å². The van der Waals surface area contributed by atoms with E-state index >= 15 is 0 Å². The molecular weight excluding hydrogens is 400 g/mol. The number of hydrogen-bond donors (Lipinski definition) is 2. The fraction of sp³-hybridized carbons (Fsp3) is 0.250. The summed E-state index contributed by atoms with van der Waals surface area (Å²) in [7, 11) is 1.58. The van der Waals surface area contributed by atoms with Crippen LogP contribution in [0.15, 0.2) is 36.8 Å². The number of methoxy groups -OCH3 is 1. The Morgan fingerprint density at radius 1 is 1.23 bits per heavy atom. The fourth-order valence-electron chi connectivity index (χ4n) is 3.52. The van der Waals surface area contributed by atoms with Gasteiger partial charge >= 0.3 is 0 Å². The summed E-state index contributed by atoms with van der Waals surface area (Å²) >= 11 is 1.61. The van der Waals surface area contributed by atoms with E-state index < -0.39 is 0 Å². The van der Waals surface area contributed by atoms with Crippen LogP contribution >= 0.6 is 11.3 Å². The van der Waals surface area contributed by atoms with Gasteiger partial charge in [-0.3, -0.25) is 15.4 Å². The van der Waals surface area contributed by atoms with Crippen LogP contribution in [0.4, 0.5) is 16.9 Å². The van der Waals surface area contributed by atoms with Crippen LogP contribution in [-0.2, 0) is 13.0 Å². The van der Waals surface area contributed by atoms with Crippen molar-refractivity contribution in [1.29, 1.82) is 0 Å². The molecule has 1 aliphatic heterocycles. The normalized spacial score (nSPS) is 12.8. The number of ether oxygens (including phenoxy) is 1. The van der Waals surface area contributed by atoms with Crippen molar-refractivity contribution in [2.75, 3.05) is 23.9 Å². The molecular formula is C20H20N8OS. The summed E-state index contributed by atoms with van der Waals surface area (Å²) in [6, 6.07) is 5.88. The molecule has 0 fully saturated rings. The minimum absolute atomic E-state index is 0.459. The van der Waals surface area contributed by atoms with E-state index in [-0.39, 0.29) is 0 Å². The third kappa shape index (κ3) is 3.57. The molecule has 2 N–H and O–H groups in total. The maximum Gasteiger partial charge on any atom is 0.232 e. The lowest BCUT2D eigenvalue weighted by molar-refractivity contribution is 0.397. The first-order valence-electron chi connectivity index (χ1n) is 9.53. The number of hydrogen-bond acceptors (Lipinski definition) is 9. The average Bonchev–Trinajstić information content (AvgIpc) is 3.35. The number of aromatic amines is 1. The van der Waals surface area contributed by atoms with Gasteiger partial charge in [-0.1, -0.05) is 0 Å². The van der Waals surface area contributed by atoms with Crippen LogP contribution in [0.1, 0.15) is 16.1 Å². The molecule has 0 aromatic carbocycles. The summed E-state index contributed by atoms with van der Waals surface area (Å²) in [5, 5.41) is 11.4. The van der Waals surface area contributed by atoms with Gasteiger partial charge in [-0.05, 0) is 24.6 Å². The zero-order valence-electron chi connectivity index (χ0n) is 16.6. The molecule has 0 spiro atoms. The van der Waals surface area contributed by atoms with Crippen LogP contribution in [0.3, 0.4) is 0 Å². The number of aryl methyl sites for hydroxylation is 1. The minimum Gasteiger partial charge on any atom is -0.481 e. The average molecular weight is 421 g/mol. The maximum atomic E-state index is 5.16. The first kappa shape index (κ1) is 18.5. The summed E-state index contributed by atoms with van der Waals surface area (Å²) in [5.74, 6) is 1.95. The van der Waals surface area contributed by atoms with Crippen molar-refractivity contribution in [2.45, 2.75) is 19.9 Å². The Bertz CT molecular complexity index is 1190. The van der Waals surface area contributed by atoms with Gasteiger partial charge in [0.1, 0.15) is 5.82 Å². The van der Waals surface area contributed by atoms with Gasteiger partial charge in [-0.2, -0.15) is 10.1 Å². The molecule has 1 aliphatic rings. The van der Waals surface area contributed by atoms with Crippen LogP contribution in [0.25, 0.3) is 11.3 Å². The zero-order chi connectivity index (χ0) is 20.5. The molecule has 5 rings (SSSR count). The second kappa shape index (κ2) is 7.71. The van der Waals surface area contributed by atoms with Gasteiger partial charge in [0.2, 0.25) is 11.8 Å². The molecule has 10 heteroatoms. The maximum absolute atomic E-state index is 5.16. The lowest BCUT2D eigenvalue weighted by Crippen LogP contribution is -2.25. The van der Waals surface area contributed by atoms with Crippen LogP contribution in [-0.4, -0.2) is 43.8 Å². The highest BCUT2D eigenvalue weighted by molar-refractivity contribution is 7.16. The van der Waals surface area contributed by atoms with E-state index in [0.29, 0.717) is 11.8 Å². The molecule has 0 radical (unpaired) electrons. The summed E-state index contributed by atoms with van der Waals surface area (Å²) in [6.07, 6.45) is 6.24. The second-order valence-electron chi connectivity index (χ2n) is 6.95. The SMILES string of the molecule is COc1ccnc(Nc2nc3c(s2)CCN(Cc2ccnc(C)c2)c2[nH]ncc2-3)n1. The summed E-state index contributed by atoms with van der Waals surface area (Å²) in [5.41, 5.74) is 4.19. The number of pyridine rings is 1. The number of H-pyrrole nitrogens is 1. The Morgan fingerprint density at radius 2 is 2.13 bits per heavy atom. The number of fused-ring (bicyclic) bond motifs is 3. The van der Waals surface area contributed by atoms with Crippen molar-refractivity contribution in [1.82, 2.24) is 30.1 Å². The molecule has 4 aromatic heterocycles. The Labute approximate surface area is 177 Å². The van der Waals surface area contributed by atoms with Gasteiger partial charge in [-0.25, -0.2) is 9.97 Å². The molecule has 0 atom stereocenters. The van der Waals surface area contributed by atoms with E-state index in [9.17, 15) is 0 Å². The molecule has 4 aromatic rings. The smallest absolute Gasteiger partial charge is 0.232 e. The molecule has 0 aliphatic carbocycles. The Balaban J connectivity index is 1.42. The molecule has 0 unspecified atom stereocenters. The third-order valence-electron chi connectivity index (χ3n) is 4.89. The lowest BCUT2D eigenvalue weighted by Gasteiger charge is -2.22. The third-order valence-corrected chi connectivity index (χ3v) is 5.92. The van der Waals surface area contributed by atoms with E-state index in [1.165, 1.54) is 10.4 Å². The largest absolute Gasteiger partial charge is 0.481 e. The fourth-order valence-corrected chi connectivity index (χ4v) is 4.48. The van der Waals surface area contributed by atoms with Gasteiger partial charge < -0.3 is 9.64 Å². The van der Waals surface area contributed by atoms with Crippen molar-refractivity contribution in [3.63, 3.8) is 0 Å². The van der Waals surface area contributed by atoms with Gasteiger partial charge in [-0.15, -0.1) is 11.3 Å². The van der Waals surface area contributed by atoms with Gasteiger partial charge in [0.25, 0.3) is 0 Å². The molecule has 5 heterocycles. The Morgan fingerprint density at radius 3 is 3.00 bits per heavy atom. The molecule has 0 amide bonds. The Kier molecular flexibility index (Phi) is 4.75. The van der Waals surface area contributed by atoms with E-state index in [1.807, 2.05) is 19.3 Å². The molecule has 30 heavy (non-hydrogen) atoms. The van der Waals surface area contributed by atoms with Crippen LogP contribution in [0.5, 0.6) is 5.88 Å². The first-order valence-corrected chi connectivity index (χ1v) is 10.4. The number of nitrogens with one attached hydrogen (secondary N) is 2. The Hall–Kier alpha value is -3.53. The zero-order valence-corrected chi connectivity index (χ0v) is 17.4. The number of nitrogens with zero attached hydrogens (tertiary/aromatic N) is 6. The quantitative estimate of drug-likeness (QED) is 0.507. The number of anilines is 3. The number of thiazole rings is 1. The highest BCUT2D eigenvalue weighted by Crippen LogP contribution is 2.39. The van der Waals surface area contributed by atoms with Gasteiger partial charge in [0, 0.05) is 48.5 Å². The number of aromatic nitrogens is 6. The van der Waals surface area contributed by atoms with E-state index in [2.05, 4.69) is 47.5 Å². The van der Waals surface area contributed by atoms with Gasteiger partial charge in [0.05, 0.1) is 24.6 Å². The molecule has 9 nitrogen and oxygen atoms in total. The van der Waals surface area contributed by atoms with Gasteiger partial charge in [0.15, 0.2) is 5.13 Å². The van der Waals surface area contributed by atoms with Crippen molar-refractivity contribution in [3.8, 4) is 17.1 Å². The lowest BCUT2D eigenvalue weighted by atomic mass is 10.2. The predicted octanol–water partition coefficient (Wildman–Crippen LogP) is 3.34. The van der Waals surface area contributed by atoms with Crippen LogP contribution in [0, 0.1) is 6.92 Å². The molecule has 0 saturated carbocycles. The minimum atomic E-state index is 0.459. The van der Waals surface area contributed by atoms with E-state index in [1.54, 1.807) is 30.7 Å². The van der Waals surface area contributed by atoms with Crippen LogP contribution < -0.4 is 15.0 Å². The van der Waals surface area contributed by atoms with E-state index in [4.69, 9.17) is 9.72 Å². The standard InChI is InChI=1S/C20H20N8OS/c1-12-9-13(3-6-21-12)11-28-8-5-15-17(14-10-23-27-18(14)28)25-20(30-15)26-19-22-7-4-16(24-19)29-2/h3-4,6-7,9-10H,5,8,11H2,1-2H3,(H,23,27)(H,22,24,25,26). The molecule has 0 saturated heterocycles. The highest BCUT2D eigenvalue weighted by atomic mass is 32.1. The highest BCUT2D eigenvalue weighted by Gasteiger charge is 2.25. The van der Waals surface area contributed by atoms with Crippen molar-refractivity contribution in [2.24, 2.45) is 0 Å².